The van der Waals surface area contributed by atoms with Gasteiger partial charge in [-0.1, -0.05) is 48.0 Å². The van der Waals surface area contributed by atoms with Crippen molar-refractivity contribution in [1.29, 1.82) is 0 Å². The van der Waals surface area contributed by atoms with Crippen LogP contribution in [-0.2, 0) is 0 Å². The predicted molar refractivity (Wildman–Crippen MR) is 83.5 cm³/mol. The number of hydrogen-bond donors (Lipinski definition) is 1. The van der Waals surface area contributed by atoms with E-state index in [1.165, 1.54) is 5.56 Å². The standard InChI is InChI=1S/C16H15N3S/c1-11-7-9-13(10-8-11)15-17-18-16(20)19(15)14-6-4-3-5-12(14)2/h3-10H,1-2H3,(H,18,20). The number of rotatable bonds is 2. The van der Waals surface area contributed by atoms with Crippen LogP contribution >= 0.6 is 12.6 Å². The molecule has 2 aromatic carbocycles. The van der Waals surface area contributed by atoms with Gasteiger partial charge in [-0.05, 0) is 25.5 Å². The molecule has 0 unspecified atom stereocenters. The number of nitrogens with zero attached hydrogens (tertiary/aromatic N) is 3. The molecule has 0 N–H and O–H groups in total. The quantitative estimate of drug-likeness (QED) is 0.723. The lowest BCUT2D eigenvalue weighted by Crippen LogP contribution is -2.00. The van der Waals surface area contributed by atoms with Crippen LogP contribution in [0.2, 0.25) is 0 Å². The van der Waals surface area contributed by atoms with Crippen molar-refractivity contribution in [2.45, 2.75) is 19.0 Å². The van der Waals surface area contributed by atoms with Crippen molar-refractivity contribution in [3.05, 3.63) is 59.7 Å². The van der Waals surface area contributed by atoms with Gasteiger partial charge in [-0.25, -0.2) is 0 Å². The second kappa shape index (κ2) is 5.13. The summed E-state index contributed by atoms with van der Waals surface area (Å²) in [6.45, 7) is 4.14. The highest BCUT2D eigenvalue weighted by Crippen LogP contribution is 2.26. The van der Waals surface area contributed by atoms with Crippen molar-refractivity contribution in [2.75, 3.05) is 0 Å². The Labute approximate surface area is 123 Å². The Morgan fingerprint density at radius 3 is 2.30 bits per heavy atom. The number of benzene rings is 2. The molecule has 0 aliphatic heterocycles. The Balaban J connectivity index is 2.20. The van der Waals surface area contributed by atoms with E-state index in [0.29, 0.717) is 5.16 Å². The molecule has 4 heteroatoms. The molecule has 3 rings (SSSR count). The largest absolute Gasteiger partial charge is 0.270 e. The molecule has 0 bridgehead atoms. The minimum Gasteiger partial charge on any atom is -0.270 e. The van der Waals surface area contributed by atoms with Crippen LogP contribution in [0.1, 0.15) is 11.1 Å². The fraction of sp³-hybridized carbons (Fsp3) is 0.125. The molecule has 100 valence electrons. The van der Waals surface area contributed by atoms with Crippen LogP contribution in [0.15, 0.2) is 53.7 Å². The normalized spacial score (nSPS) is 10.8. The summed E-state index contributed by atoms with van der Waals surface area (Å²) in [4.78, 5) is 0. The van der Waals surface area contributed by atoms with E-state index in [1.807, 2.05) is 16.7 Å². The first kappa shape index (κ1) is 12.9. The lowest BCUT2D eigenvalue weighted by Gasteiger charge is -2.11. The van der Waals surface area contributed by atoms with Crippen LogP contribution in [0, 0.1) is 13.8 Å². The number of para-hydroxylation sites is 1. The summed E-state index contributed by atoms with van der Waals surface area (Å²) in [6, 6.07) is 16.4. The van der Waals surface area contributed by atoms with Gasteiger partial charge in [-0.3, -0.25) is 4.57 Å². The molecule has 0 amide bonds. The first-order chi connectivity index (χ1) is 9.66. The summed E-state index contributed by atoms with van der Waals surface area (Å²) in [5, 5.41) is 8.97. The minimum absolute atomic E-state index is 0.592. The Morgan fingerprint density at radius 2 is 1.60 bits per heavy atom. The summed E-state index contributed by atoms with van der Waals surface area (Å²) in [5.41, 5.74) is 4.47. The lowest BCUT2D eigenvalue weighted by atomic mass is 10.1. The third-order valence-corrected chi connectivity index (χ3v) is 3.60. The number of aryl methyl sites for hydroxylation is 2. The maximum atomic E-state index is 4.44. The second-order valence-corrected chi connectivity index (χ2v) is 5.21. The Bertz CT molecular complexity index is 745. The van der Waals surface area contributed by atoms with E-state index < -0.39 is 0 Å². The minimum atomic E-state index is 0.592. The maximum absolute atomic E-state index is 4.44. The van der Waals surface area contributed by atoms with Crippen LogP contribution in [0.5, 0.6) is 0 Å². The average Bonchev–Trinajstić information content (AvgIpc) is 2.82. The molecule has 3 nitrogen and oxygen atoms in total. The van der Waals surface area contributed by atoms with Gasteiger partial charge in [-0.2, -0.15) is 0 Å². The molecule has 0 atom stereocenters. The van der Waals surface area contributed by atoms with E-state index in [0.717, 1.165) is 22.6 Å². The molecule has 0 aliphatic rings. The molecule has 0 spiro atoms. The van der Waals surface area contributed by atoms with E-state index in [1.54, 1.807) is 0 Å². The molecule has 3 aromatic rings. The van der Waals surface area contributed by atoms with E-state index >= 15 is 0 Å². The number of thiol groups is 1. The number of hydrogen-bond acceptors (Lipinski definition) is 3. The fourth-order valence-electron chi connectivity index (χ4n) is 2.20. The van der Waals surface area contributed by atoms with Crippen molar-refractivity contribution in [3.63, 3.8) is 0 Å². The summed E-state index contributed by atoms with van der Waals surface area (Å²) >= 11 is 4.44. The van der Waals surface area contributed by atoms with Crippen molar-refractivity contribution in [1.82, 2.24) is 14.8 Å². The van der Waals surface area contributed by atoms with Gasteiger partial charge in [0.25, 0.3) is 0 Å². The molecule has 0 fully saturated rings. The maximum Gasteiger partial charge on any atom is 0.193 e. The zero-order valence-electron chi connectivity index (χ0n) is 11.4. The number of aromatic nitrogens is 3. The highest BCUT2D eigenvalue weighted by atomic mass is 32.1. The van der Waals surface area contributed by atoms with Crippen molar-refractivity contribution in [2.24, 2.45) is 0 Å². The summed E-state index contributed by atoms with van der Waals surface area (Å²) in [5.74, 6) is 0.810. The van der Waals surface area contributed by atoms with Crippen LogP contribution in [0.4, 0.5) is 0 Å². The smallest absolute Gasteiger partial charge is 0.193 e. The van der Waals surface area contributed by atoms with E-state index in [4.69, 9.17) is 0 Å². The van der Waals surface area contributed by atoms with Gasteiger partial charge in [-0.15, -0.1) is 22.8 Å². The Morgan fingerprint density at radius 1 is 0.900 bits per heavy atom. The molecule has 20 heavy (non-hydrogen) atoms. The van der Waals surface area contributed by atoms with Gasteiger partial charge in [0.1, 0.15) is 0 Å². The predicted octanol–water partition coefficient (Wildman–Crippen LogP) is 3.84. The van der Waals surface area contributed by atoms with Gasteiger partial charge in [0.05, 0.1) is 5.69 Å². The molecular formula is C16H15N3S. The van der Waals surface area contributed by atoms with Crippen molar-refractivity contribution < 1.29 is 0 Å². The van der Waals surface area contributed by atoms with Gasteiger partial charge >= 0.3 is 0 Å². The van der Waals surface area contributed by atoms with Crippen molar-refractivity contribution >= 4 is 12.6 Å². The van der Waals surface area contributed by atoms with E-state index in [-0.39, 0.29) is 0 Å². The van der Waals surface area contributed by atoms with E-state index in [2.05, 4.69) is 73.1 Å². The van der Waals surface area contributed by atoms with Gasteiger partial charge < -0.3 is 0 Å². The fourth-order valence-corrected chi connectivity index (χ4v) is 2.45. The Kier molecular flexibility index (Phi) is 3.32. The average molecular weight is 281 g/mol. The summed E-state index contributed by atoms with van der Waals surface area (Å²) < 4.78 is 1.98. The zero-order chi connectivity index (χ0) is 14.1. The van der Waals surface area contributed by atoms with Crippen LogP contribution in [0.3, 0.4) is 0 Å². The SMILES string of the molecule is Cc1ccc(-c2nnc(S)n2-c2ccccc2C)cc1. The summed E-state index contributed by atoms with van der Waals surface area (Å²) in [7, 11) is 0. The molecule has 0 aliphatic carbocycles. The molecular weight excluding hydrogens is 266 g/mol. The van der Waals surface area contributed by atoms with Crippen LogP contribution in [0.25, 0.3) is 17.1 Å². The molecule has 0 radical (unpaired) electrons. The topological polar surface area (TPSA) is 30.7 Å². The highest BCUT2D eigenvalue weighted by molar-refractivity contribution is 7.80. The van der Waals surface area contributed by atoms with Crippen LogP contribution in [-0.4, -0.2) is 14.8 Å². The first-order valence-electron chi connectivity index (χ1n) is 6.44. The van der Waals surface area contributed by atoms with Crippen molar-refractivity contribution in [3.8, 4) is 17.1 Å². The zero-order valence-corrected chi connectivity index (χ0v) is 12.3. The summed E-state index contributed by atoms with van der Waals surface area (Å²) in [6.07, 6.45) is 0. The molecule has 0 saturated heterocycles. The highest BCUT2D eigenvalue weighted by Gasteiger charge is 2.14. The second-order valence-electron chi connectivity index (χ2n) is 4.81. The molecule has 0 saturated carbocycles. The van der Waals surface area contributed by atoms with Crippen LogP contribution < -0.4 is 0 Å². The Hall–Kier alpha value is -2.07. The molecule has 1 heterocycles. The van der Waals surface area contributed by atoms with E-state index in [9.17, 15) is 0 Å². The molecule has 1 aromatic heterocycles. The third-order valence-electron chi connectivity index (χ3n) is 3.31. The van der Waals surface area contributed by atoms with Gasteiger partial charge in [0.15, 0.2) is 11.0 Å². The monoisotopic (exact) mass is 281 g/mol. The lowest BCUT2D eigenvalue weighted by molar-refractivity contribution is 0.886. The van der Waals surface area contributed by atoms with Gasteiger partial charge in [0, 0.05) is 5.56 Å². The van der Waals surface area contributed by atoms with Gasteiger partial charge in [0.2, 0.25) is 0 Å². The third kappa shape index (κ3) is 2.23. The first-order valence-corrected chi connectivity index (χ1v) is 6.89.